The zero-order valence-corrected chi connectivity index (χ0v) is 16.5. The number of anilines is 2. The van der Waals surface area contributed by atoms with E-state index in [1.165, 1.54) is 6.20 Å². The minimum Gasteiger partial charge on any atom is -0.497 e. The average Bonchev–Trinajstić information content (AvgIpc) is 3.24. The number of aromatic nitrogens is 3. The number of hydrogen-bond donors (Lipinski definition) is 2. The Morgan fingerprint density at radius 1 is 1.19 bits per heavy atom. The van der Waals surface area contributed by atoms with Crippen molar-refractivity contribution in [2.24, 2.45) is 0 Å². The molecule has 2 aromatic carbocycles. The van der Waals surface area contributed by atoms with Crippen molar-refractivity contribution in [2.45, 2.75) is 0 Å². The van der Waals surface area contributed by atoms with E-state index in [-0.39, 0.29) is 18.4 Å². The quantitative estimate of drug-likeness (QED) is 0.531. The van der Waals surface area contributed by atoms with Gasteiger partial charge in [-0.1, -0.05) is 0 Å². The summed E-state index contributed by atoms with van der Waals surface area (Å²) in [5, 5.41) is 9.91. The van der Waals surface area contributed by atoms with Gasteiger partial charge in [0.25, 0.3) is 11.8 Å². The zero-order chi connectivity index (χ0) is 21.4. The molecule has 0 atom stereocenters. The molecule has 0 spiro atoms. The fraction of sp³-hybridized carbons (Fsp3) is 0.0909. The molecule has 0 aliphatic carbocycles. The van der Waals surface area contributed by atoms with E-state index in [1.807, 2.05) is 30.3 Å². The van der Waals surface area contributed by atoms with Gasteiger partial charge in [0.05, 0.1) is 24.7 Å². The SMILES string of the molecule is COc1ccc(-c2ccnc3c(C(=O)Nc4ccc5c(c4)OCC(=O)N5)cnn23)cc1. The number of rotatable bonds is 4. The number of methoxy groups -OCH3 is 1. The molecule has 0 saturated carbocycles. The maximum Gasteiger partial charge on any atom is 0.262 e. The van der Waals surface area contributed by atoms with Gasteiger partial charge in [0.15, 0.2) is 12.3 Å². The van der Waals surface area contributed by atoms with Gasteiger partial charge in [-0.25, -0.2) is 9.50 Å². The highest BCUT2D eigenvalue weighted by molar-refractivity contribution is 6.08. The maximum atomic E-state index is 12.9. The highest BCUT2D eigenvalue weighted by Crippen LogP contribution is 2.31. The summed E-state index contributed by atoms with van der Waals surface area (Å²) in [5.74, 6) is 0.684. The summed E-state index contributed by atoms with van der Waals surface area (Å²) in [6.07, 6.45) is 3.13. The van der Waals surface area contributed by atoms with Crippen LogP contribution in [-0.4, -0.2) is 40.1 Å². The first-order valence-corrected chi connectivity index (χ1v) is 9.47. The van der Waals surface area contributed by atoms with Crippen LogP contribution in [0.1, 0.15) is 10.4 Å². The lowest BCUT2D eigenvalue weighted by Gasteiger charge is -2.18. The molecule has 2 aromatic heterocycles. The first kappa shape index (κ1) is 18.6. The van der Waals surface area contributed by atoms with Gasteiger partial charge in [0.2, 0.25) is 0 Å². The lowest BCUT2D eigenvalue weighted by Crippen LogP contribution is -2.25. The molecule has 4 aromatic rings. The predicted octanol–water partition coefficient (Wildman–Crippen LogP) is 2.99. The molecule has 1 aliphatic rings. The highest BCUT2D eigenvalue weighted by atomic mass is 16.5. The number of fused-ring (bicyclic) bond motifs is 2. The van der Waals surface area contributed by atoms with Crippen molar-refractivity contribution < 1.29 is 19.1 Å². The molecule has 0 radical (unpaired) electrons. The third kappa shape index (κ3) is 3.42. The summed E-state index contributed by atoms with van der Waals surface area (Å²) in [4.78, 5) is 28.7. The molecule has 31 heavy (non-hydrogen) atoms. The Labute approximate surface area is 176 Å². The number of nitrogens with zero attached hydrogens (tertiary/aromatic N) is 3. The molecule has 5 rings (SSSR count). The Morgan fingerprint density at radius 2 is 2.03 bits per heavy atom. The number of ether oxygens (including phenoxy) is 2. The van der Waals surface area contributed by atoms with E-state index >= 15 is 0 Å². The van der Waals surface area contributed by atoms with Crippen LogP contribution in [0.3, 0.4) is 0 Å². The third-order valence-electron chi connectivity index (χ3n) is 4.90. The first-order chi connectivity index (χ1) is 15.1. The van der Waals surface area contributed by atoms with Gasteiger partial charge in [-0.3, -0.25) is 9.59 Å². The number of carbonyl (C=O) groups is 2. The van der Waals surface area contributed by atoms with Gasteiger partial charge in [0.1, 0.15) is 17.1 Å². The first-order valence-electron chi connectivity index (χ1n) is 9.47. The zero-order valence-electron chi connectivity index (χ0n) is 16.5. The largest absolute Gasteiger partial charge is 0.497 e. The van der Waals surface area contributed by atoms with Crippen molar-refractivity contribution in [3.8, 4) is 22.8 Å². The molecule has 3 heterocycles. The van der Waals surface area contributed by atoms with Crippen LogP contribution in [-0.2, 0) is 4.79 Å². The molecule has 2 N–H and O–H groups in total. The molecule has 9 heteroatoms. The molecule has 9 nitrogen and oxygen atoms in total. The smallest absolute Gasteiger partial charge is 0.262 e. The van der Waals surface area contributed by atoms with Crippen LogP contribution < -0.4 is 20.1 Å². The van der Waals surface area contributed by atoms with Crippen molar-refractivity contribution in [1.29, 1.82) is 0 Å². The van der Waals surface area contributed by atoms with Gasteiger partial charge < -0.3 is 20.1 Å². The molecule has 0 fully saturated rings. The van der Waals surface area contributed by atoms with E-state index in [9.17, 15) is 9.59 Å². The van der Waals surface area contributed by atoms with Crippen LogP contribution in [0.5, 0.6) is 11.5 Å². The second-order valence-corrected chi connectivity index (χ2v) is 6.85. The Bertz CT molecular complexity index is 1310. The van der Waals surface area contributed by atoms with Gasteiger partial charge in [-0.15, -0.1) is 0 Å². The molecule has 1 aliphatic heterocycles. The van der Waals surface area contributed by atoms with Gasteiger partial charge in [0, 0.05) is 23.5 Å². The van der Waals surface area contributed by atoms with Gasteiger partial charge >= 0.3 is 0 Å². The van der Waals surface area contributed by atoms with Crippen LogP contribution in [0, 0.1) is 0 Å². The summed E-state index contributed by atoms with van der Waals surface area (Å²) in [6, 6.07) is 14.4. The highest BCUT2D eigenvalue weighted by Gasteiger charge is 2.19. The van der Waals surface area contributed by atoms with Gasteiger partial charge in [-0.2, -0.15) is 5.10 Å². The Morgan fingerprint density at radius 3 is 2.84 bits per heavy atom. The van der Waals surface area contributed by atoms with Crippen LogP contribution >= 0.6 is 0 Å². The maximum absolute atomic E-state index is 12.9. The summed E-state index contributed by atoms with van der Waals surface area (Å²) in [5.41, 5.74) is 3.58. The third-order valence-corrected chi connectivity index (χ3v) is 4.90. The summed E-state index contributed by atoms with van der Waals surface area (Å²) >= 11 is 0. The number of nitrogens with one attached hydrogen (secondary N) is 2. The van der Waals surface area contributed by atoms with Crippen molar-refractivity contribution >= 4 is 28.8 Å². The topological polar surface area (TPSA) is 107 Å². The number of carbonyl (C=O) groups excluding carboxylic acids is 2. The fourth-order valence-electron chi connectivity index (χ4n) is 3.38. The molecule has 0 unspecified atom stereocenters. The Kier molecular flexibility index (Phi) is 4.47. The summed E-state index contributed by atoms with van der Waals surface area (Å²) in [6.45, 7) is -0.0590. The van der Waals surface area contributed by atoms with E-state index in [2.05, 4.69) is 20.7 Å². The molecule has 0 saturated heterocycles. The van der Waals surface area contributed by atoms with Crippen LogP contribution in [0.25, 0.3) is 16.9 Å². The monoisotopic (exact) mass is 415 g/mol. The molecule has 2 amide bonds. The van der Waals surface area contributed by atoms with E-state index in [0.29, 0.717) is 28.3 Å². The molecule has 154 valence electrons. The molecule has 0 bridgehead atoms. The number of benzene rings is 2. The Hall–Kier alpha value is -4.40. The summed E-state index contributed by atoms with van der Waals surface area (Å²) in [7, 11) is 1.61. The van der Waals surface area contributed by atoms with Crippen molar-refractivity contribution in [3.05, 3.63) is 66.5 Å². The number of hydrogen-bond acceptors (Lipinski definition) is 6. The van der Waals surface area contributed by atoms with E-state index in [1.54, 1.807) is 36.0 Å². The number of amides is 2. The average molecular weight is 415 g/mol. The summed E-state index contributed by atoms with van der Waals surface area (Å²) < 4.78 is 12.2. The van der Waals surface area contributed by atoms with Gasteiger partial charge in [-0.05, 0) is 42.5 Å². The van der Waals surface area contributed by atoms with E-state index in [0.717, 1.165) is 17.0 Å². The lowest BCUT2D eigenvalue weighted by molar-refractivity contribution is -0.118. The van der Waals surface area contributed by atoms with Crippen molar-refractivity contribution in [2.75, 3.05) is 24.4 Å². The standard InChI is InChI=1S/C22H17N5O4/c1-30-15-5-2-13(3-6-15)18-8-9-23-21-16(11-24-27(18)21)22(29)25-14-4-7-17-19(10-14)31-12-20(28)26-17/h2-11H,12H2,1H3,(H,25,29)(H,26,28). The van der Waals surface area contributed by atoms with E-state index < -0.39 is 0 Å². The minimum atomic E-state index is -0.353. The predicted molar refractivity (Wildman–Crippen MR) is 113 cm³/mol. The molecular weight excluding hydrogens is 398 g/mol. The van der Waals surface area contributed by atoms with Crippen LogP contribution in [0.4, 0.5) is 11.4 Å². The van der Waals surface area contributed by atoms with Crippen molar-refractivity contribution in [3.63, 3.8) is 0 Å². The minimum absolute atomic E-state index is 0.0590. The fourth-order valence-corrected chi connectivity index (χ4v) is 3.38. The normalized spacial score (nSPS) is 12.6. The van der Waals surface area contributed by atoms with E-state index in [4.69, 9.17) is 9.47 Å². The van der Waals surface area contributed by atoms with Crippen LogP contribution in [0.2, 0.25) is 0 Å². The second-order valence-electron chi connectivity index (χ2n) is 6.85. The van der Waals surface area contributed by atoms with Crippen molar-refractivity contribution in [1.82, 2.24) is 14.6 Å². The lowest BCUT2D eigenvalue weighted by atomic mass is 10.1. The molecular formula is C22H17N5O4. The van der Waals surface area contributed by atoms with Crippen LogP contribution in [0.15, 0.2) is 60.9 Å². The Balaban J connectivity index is 1.44. The second kappa shape index (κ2) is 7.45.